The first-order valence-electron chi connectivity index (χ1n) is 7.21. The Morgan fingerprint density at radius 2 is 2.09 bits per heavy atom. The van der Waals surface area contributed by atoms with Crippen molar-refractivity contribution in [3.8, 4) is 5.75 Å². The first-order chi connectivity index (χ1) is 11.1. The zero-order valence-corrected chi connectivity index (χ0v) is 14.0. The van der Waals surface area contributed by atoms with Crippen LogP contribution >= 0.6 is 15.9 Å². The van der Waals surface area contributed by atoms with Gasteiger partial charge in [0.05, 0.1) is 16.6 Å². The standard InChI is InChI=1S/C15H15BrN2O5/c1-2-7-21-10-4-3-9-11(12(10)16)8(5-6-17)13-18(9)23-15(20)14(19)22-13/h3-4H,2,5-7,17H2,1H3. The van der Waals surface area contributed by atoms with Crippen molar-refractivity contribution < 1.29 is 13.7 Å². The van der Waals surface area contributed by atoms with Gasteiger partial charge in [0.15, 0.2) is 0 Å². The van der Waals surface area contributed by atoms with E-state index < -0.39 is 11.3 Å². The molecule has 0 aliphatic rings. The highest BCUT2D eigenvalue weighted by Gasteiger charge is 2.21. The molecule has 0 saturated heterocycles. The Morgan fingerprint density at radius 3 is 2.78 bits per heavy atom. The van der Waals surface area contributed by atoms with Crippen LogP contribution in [0.3, 0.4) is 0 Å². The van der Waals surface area contributed by atoms with E-state index >= 15 is 0 Å². The van der Waals surface area contributed by atoms with Gasteiger partial charge in [0.1, 0.15) is 5.75 Å². The van der Waals surface area contributed by atoms with Crippen LogP contribution in [0.1, 0.15) is 18.9 Å². The molecule has 2 aromatic heterocycles. The monoisotopic (exact) mass is 382 g/mol. The number of nitrogens with two attached hydrogens (primary N) is 1. The van der Waals surface area contributed by atoms with Gasteiger partial charge in [0, 0.05) is 10.9 Å². The van der Waals surface area contributed by atoms with E-state index in [2.05, 4.69) is 15.9 Å². The van der Waals surface area contributed by atoms with Gasteiger partial charge in [0.25, 0.3) is 0 Å². The van der Waals surface area contributed by atoms with Crippen LogP contribution in [-0.4, -0.2) is 17.7 Å². The van der Waals surface area contributed by atoms with E-state index in [-0.39, 0.29) is 5.71 Å². The zero-order chi connectivity index (χ0) is 16.6. The lowest BCUT2D eigenvalue weighted by atomic mass is 10.1. The molecule has 0 atom stereocenters. The highest BCUT2D eigenvalue weighted by atomic mass is 79.9. The maximum atomic E-state index is 11.5. The number of nitrogens with zero attached hydrogens (tertiary/aromatic N) is 1. The van der Waals surface area contributed by atoms with E-state index in [0.717, 1.165) is 11.8 Å². The summed E-state index contributed by atoms with van der Waals surface area (Å²) in [5.74, 6) is 0.665. The number of rotatable bonds is 5. The minimum Gasteiger partial charge on any atom is -0.492 e. The Morgan fingerprint density at radius 1 is 1.30 bits per heavy atom. The summed E-state index contributed by atoms with van der Waals surface area (Å²) in [7, 11) is 0. The van der Waals surface area contributed by atoms with Gasteiger partial charge in [-0.15, -0.1) is 4.57 Å². The van der Waals surface area contributed by atoms with Crippen molar-refractivity contribution in [1.29, 1.82) is 0 Å². The quantitative estimate of drug-likeness (QED) is 0.677. The van der Waals surface area contributed by atoms with Crippen LogP contribution in [-0.2, 0) is 6.42 Å². The molecule has 0 aliphatic heterocycles. The van der Waals surface area contributed by atoms with Gasteiger partial charge in [-0.05, 0) is 47.4 Å². The van der Waals surface area contributed by atoms with E-state index in [1.807, 2.05) is 6.92 Å². The molecule has 23 heavy (non-hydrogen) atoms. The van der Waals surface area contributed by atoms with Crippen molar-refractivity contribution in [2.75, 3.05) is 13.2 Å². The minimum atomic E-state index is -1.06. The molecule has 0 amide bonds. The summed E-state index contributed by atoms with van der Waals surface area (Å²) in [6.45, 7) is 2.94. The third-order valence-electron chi connectivity index (χ3n) is 3.43. The van der Waals surface area contributed by atoms with Crippen LogP contribution in [0.2, 0.25) is 0 Å². The second kappa shape index (κ2) is 6.21. The van der Waals surface area contributed by atoms with Crippen molar-refractivity contribution in [1.82, 2.24) is 4.57 Å². The molecular weight excluding hydrogens is 368 g/mol. The molecule has 3 aromatic rings. The third-order valence-corrected chi connectivity index (χ3v) is 4.22. The van der Waals surface area contributed by atoms with Gasteiger partial charge in [-0.2, -0.15) is 0 Å². The molecule has 0 aliphatic carbocycles. The molecular formula is C15H15BrN2O5. The van der Waals surface area contributed by atoms with Gasteiger partial charge >= 0.3 is 11.3 Å². The summed E-state index contributed by atoms with van der Waals surface area (Å²) in [5.41, 5.74) is 5.04. The van der Waals surface area contributed by atoms with Crippen LogP contribution in [0, 0.1) is 0 Å². The Labute approximate surface area is 138 Å². The zero-order valence-electron chi connectivity index (χ0n) is 12.4. The van der Waals surface area contributed by atoms with E-state index in [1.54, 1.807) is 12.1 Å². The number of fused-ring (bicyclic) bond motifs is 3. The summed E-state index contributed by atoms with van der Waals surface area (Å²) in [6.07, 6.45) is 1.33. The third kappa shape index (κ3) is 2.57. The number of benzene rings is 1. The Bertz CT molecular complexity index is 985. The first-order valence-corrected chi connectivity index (χ1v) is 8.00. The lowest BCUT2D eigenvalue weighted by Gasteiger charge is -2.08. The molecule has 0 radical (unpaired) electrons. The first kappa shape index (κ1) is 15.8. The van der Waals surface area contributed by atoms with Crippen LogP contribution in [0.5, 0.6) is 5.75 Å². The molecule has 0 unspecified atom stereocenters. The fraction of sp³-hybridized carbons (Fsp3) is 0.333. The number of hydrogen-bond acceptors (Lipinski definition) is 6. The van der Waals surface area contributed by atoms with Crippen LogP contribution in [0.4, 0.5) is 0 Å². The summed E-state index contributed by atoms with van der Waals surface area (Å²) >= 11 is 3.53. The Hall–Kier alpha value is -2.06. The maximum Gasteiger partial charge on any atom is 0.442 e. The molecule has 1 aromatic carbocycles. The molecule has 3 rings (SSSR count). The topological polar surface area (TPSA) is 100 Å². The number of aromatic nitrogens is 1. The molecule has 0 fully saturated rings. The second-order valence-corrected chi connectivity index (χ2v) is 5.80. The van der Waals surface area contributed by atoms with Crippen LogP contribution < -0.4 is 21.7 Å². The van der Waals surface area contributed by atoms with Crippen molar-refractivity contribution >= 4 is 32.5 Å². The lowest BCUT2D eigenvalue weighted by Crippen LogP contribution is -2.23. The van der Waals surface area contributed by atoms with E-state index in [4.69, 9.17) is 19.4 Å². The fourth-order valence-corrected chi connectivity index (χ4v) is 3.17. The molecule has 8 heteroatoms. The molecule has 0 bridgehead atoms. The van der Waals surface area contributed by atoms with Gasteiger partial charge in [-0.3, -0.25) is 0 Å². The molecule has 0 spiro atoms. The predicted octanol–water partition coefficient (Wildman–Crippen LogP) is 2.05. The summed E-state index contributed by atoms with van der Waals surface area (Å²) < 4.78 is 17.8. The van der Waals surface area contributed by atoms with Gasteiger partial charge in [-0.25, -0.2) is 9.59 Å². The summed E-state index contributed by atoms with van der Waals surface area (Å²) in [5, 5.41) is 0.751. The Kier molecular flexibility index (Phi) is 4.27. The number of ether oxygens (including phenoxy) is 1. The number of hydrogen-bond donors (Lipinski definition) is 1. The van der Waals surface area contributed by atoms with Crippen molar-refractivity contribution in [2.24, 2.45) is 5.73 Å². The van der Waals surface area contributed by atoms with Crippen LogP contribution in [0.15, 0.2) is 35.1 Å². The van der Waals surface area contributed by atoms with Crippen molar-refractivity contribution in [3.05, 3.63) is 43.0 Å². The summed E-state index contributed by atoms with van der Waals surface area (Å²) in [6, 6.07) is 3.52. The van der Waals surface area contributed by atoms with E-state index in [1.165, 1.54) is 4.57 Å². The van der Waals surface area contributed by atoms with E-state index in [9.17, 15) is 9.59 Å². The smallest absolute Gasteiger partial charge is 0.442 e. The molecule has 2 heterocycles. The average Bonchev–Trinajstić information content (AvgIpc) is 2.82. The predicted molar refractivity (Wildman–Crippen MR) is 88.2 cm³/mol. The fourth-order valence-electron chi connectivity index (χ4n) is 2.49. The minimum absolute atomic E-state index is 0.184. The van der Waals surface area contributed by atoms with Crippen molar-refractivity contribution in [2.45, 2.75) is 19.8 Å². The van der Waals surface area contributed by atoms with E-state index in [0.29, 0.717) is 40.9 Å². The SMILES string of the molecule is CCCOc1ccc2c(c1Br)c(CCN)c1oc(=O)c(=O)on12. The van der Waals surface area contributed by atoms with Gasteiger partial charge < -0.3 is 19.4 Å². The molecule has 0 saturated carbocycles. The molecule has 122 valence electrons. The largest absolute Gasteiger partial charge is 0.492 e. The van der Waals surface area contributed by atoms with Crippen LogP contribution in [0.25, 0.3) is 16.6 Å². The van der Waals surface area contributed by atoms with Gasteiger partial charge in [0.2, 0.25) is 5.71 Å². The average molecular weight is 383 g/mol. The molecule has 7 nitrogen and oxygen atoms in total. The summed E-state index contributed by atoms with van der Waals surface area (Å²) in [4.78, 5) is 23.0. The number of halogens is 1. The lowest BCUT2D eigenvalue weighted by molar-refractivity contribution is 0.286. The maximum absolute atomic E-state index is 11.5. The van der Waals surface area contributed by atoms with Gasteiger partial charge in [-0.1, -0.05) is 6.92 Å². The highest BCUT2D eigenvalue weighted by Crippen LogP contribution is 2.38. The Balaban J connectivity index is 2.40. The van der Waals surface area contributed by atoms with Crippen molar-refractivity contribution in [3.63, 3.8) is 0 Å². The highest BCUT2D eigenvalue weighted by molar-refractivity contribution is 9.10. The normalized spacial score (nSPS) is 11.4. The second-order valence-electron chi connectivity index (χ2n) is 5.01. The molecule has 2 N–H and O–H groups in total.